The predicted octanol–water partition coefficient (Wildman–Crippen LogP) is 1.92. The molecule has 0 saturated carbocycles. The second-order valence-corrected chi connectivity index (χ2v) is 4.37. The van der Waals surface area contributed by atoms with E-state index >= 15 is 0 Å². The number of nitrogens with zero attached hydrogens (tertiary/aromatic N) is 1. The van der Waals surface area contributed by atoms with Gasteiger partial charge in [0.2, 0.25) is 0 Å². The minimum atomic E-state index is -0.470. The summed E-state index contributed by atoms with van der Waals surface area (Å²) in [6.45, 7) is 0.250. The maximum absolute atomic E-state index is 11.6. The van der Waals surface area contributed by atoms with Crippen molar-refractivity contribution >= 4 is 33.0 Å². The van der Waals surface area contributed by atoms with E-state index < -0.39 is 5.76 Å². The fourth-order valence-corrected chi connectivity index (χ4v) is 1.90. The van der Waals surface area contributed by atoms with E-state index in [9.17, 15) is 9.59 Å². The highest BCUT2D eigenvalue weighted by Gasteiger charge is 2.10. The average Bonchev–Trinajstić information content (AvgIpc) is 2.61. The molecule has 90 valence electrons. The molecule has 0 saturated heterocycles. The summed E-state index contributed by atoms with van der Waals surface area (Å²) >= 11 is 3.29. The summed E-state index contributed by atoms with van der Waals surface area (Å²) in [5, 5.41) is 0. The lowest BCUT2D eigenvalue weighted by molar-refractivity contribution is -0.140. The molecule has 17 heavy (non-hydrogen) atoms. The van der Waals surface area contributed by atoms with Crippen molar-refractivity contribution in [3.05, 3.63) is 33.2 Å². The smallest absolute Gasteiger partial charge is 0.419 e. The topological polar surface area (TPSA) is 61.4 Å². The molecule has 0 aliphatic rings. The molecule has 1 heterocycles. The Morgan fingerprint density at radius 1 is 1.53 bits per heavy atom. The SMILES string of the molecule is COC(=O)CCn1c(=O)oc2cc(Br)ccc21. The Bertz CT molecular complexity index is 613. The Morgan fingerprint density at radius 3 is 3.00 bits per heavy atom. The zero-order valence-electron chi connectivity index (χ0n) is 9.10. The van der Waals surface area contributed by atoms with Gasteiger partial charge < -0.3 is 9.15 Å². The molecule has 2 aromatic rings. The van der Waals surface area contributed by atoms with Crippen molar-refractivity contribution in [2.24, 2.45) is 0 Å². The first-order chi connectivity index (χ1) is 8.11. The quantitative estimate of drug-likeness (QED) is 0.813. The van der Waals surface area contributed by atoms with E-state index in [4.69, 9.17) is 4.42 Å². The van der Waals surface area contributed by atoms with Crippen molar-refractivity contribution in [1.29, 1.82) is 0 Å². The number of oxazole rings is 1. The summed E-state index contributed by atoms with van der Waals surface area (Å²) < 4.78 is 11.8. The van der Waals surface area contributed by atoms with E-state index in [1.54, 1.807) is 12.1 Å². The summed E-state index contributed by atoms with van der Waals surface area (Å²) in [7, 11) is 1.32. The van der Waals surface area contributed by atoms with Crippen LogP contribution in [0.3, 0.4) is 0 Å². The van der Waals surface area contributed by atoms with Crippen LogP contribution in [0, 0.1) is 0 Å². The number of carbonyl (C=O) groups excluding carboxylic acids is 1. The number of fused-ring (bicyclic) bond motifs is 1. The van der Waals surface area contributed by atoms with Crippen LogP contribution in [-0.2, 0) is 16.1 Å². The third-order valence-corrected chi connectivity index (χ3v) is 2.89. The minimum absolute atomic E-state index is 0.140. The standard InChI is InChI=1S/C11H10BrNO4/c1-16-10(14)4-5-13-8-3-2-7(12)6-9(8)17-11(13)15/h2-3,6H,4-5H2,1H3. The van der Waals surface area contributed by atoms with Crippen molar-refractivity contribution in [3.63, 3.8) is 0 Å². The highest BCUT2D eigenvalue weighted by molar-refractivity contribution is 9.10. The van der Waals surface area contributed by atoms with Crippen molar-refractivity contribution in [3.8, 4) is 0 Å². The van der Waals surface area contributed by atoms with Crippen molar-refractivity contribution in [2.75, 3.05) is 7.11 Å². The average molecular weight is 300 g/mol. The lowest BCUT2D eigenvalue weighted by Gasteiger charge is -2.00. The highest BCUT2D eigenvalue weighted by atomic mass is 79.9. The number of aromatic nitrogens is 1. The Kier molecular flexibility index (Phi) is 3.33. The van der Waals surface area contributed by atoms with Crippen molar-refractivity contribution in [2.45, 2.75) is 13.0 Å². The number of ether oxygens (including phenoxy) is 1. The van der Waals surface area contributed by atoms with Gasteiger partial charge in [-0.25, -0.2) is 4.79 Å². The van der Waals surface area contributed by atoms with Crippen LogP contribution in [0.15, 0.2) is 31.9 Å². The van der Waals surface area contributed by atoms with Crippen LogP contribution < -0.4 is 5.76 Å². The van der Waals surface area contributed by atoms with E-state index in [0.717, 1.165) is 4.47 Å². The number of esters is 1. The van der Waals surface area contributed by atoms with Gasteiger partial charge in [-0.1, -0.05) is 15.9 Å². The molecular formula is C11H10BrNO4. The molecule has 6 heteroatoms. The molecular weight excluding hydrogens is 290 g/mol. The number of halogens is 1. The largest absolute Gasteiger partial charge is 0.469 e. The molecule has 0 atom stereocenters. The van der Waals surface area contributed by atoms with E-state index in [1.807, 2.05) is 6.07 Å². The van der Waals surface area contributed by atoms with Crippen LogP contribution in [0.5, 0.6) is 0 Å². The first-order valence-corrected chi connectivity index (χ1v) is 5.77. The van der Waals surface area contributed by atoms with Gasteiger partial charge in [-0.3, -0.25) is 9.36 Å². The van der Waals surface area contributed by atoms with Gasteiger partial charge in [0.05, 0.1) is 19.0 Å². The van der Waals surface area contributed by atoms with Gasteiger partial charge >= 0.3 is 11.7 Å². The van der Waals surface area contributed by atoms with Gasteiger partial charge in [0.15, 0.2) is 5.58 Å². The van der Waals surface area contributed by atoms with Gasteiger partial charge in [-0.2, -0.15) is 0 Å². The molecule has 0 N–H and O–H groups in total. The maximum Gasteiger partial charge on any atom is 0.419 e. The van der Waals surface area contributed by atoms with Crippen LogP contribution in [0.2, 0.25) is 0 Å². The fraction of sp³-hybridized carbons (Fsp3) is 0.273. The molecule has 0 aliphatic heterocycles. The van der Waals surface area contributed by atoms with Crippen LogP contribution in [0.4, 0.5) is 0 Å². The molecule has 0 unspecified atom stereocenters. The lowest BCUT2D eigenvalue weighted by Crippen LogP contribution is -2.16. The van der Waals surface area contributed by atoms with E-state index in [1.165, 1.54) is 11.7 Å². The predicted molar refractivity (Wildman–Crippen MR) is 64.8 cm³/mol. The number of rotatable bonds is 3. The number of benzene rings is 1. The summed E-state index contributed by atoms with van der Waals surface area (Å²) in [5.41, 5.74) is 1.16. The van der Waals surface area contributed by atoms with Crippen LogP contribution >= 0.6 is 15.9 Å². The van der Waals surface area contributed by atoms with Gasteiger partial charge in [0.1, 0.15) is 0 Å². The molecule has 0 aliphatic carbocycles. The molecule has 0 bridgehead atoms. The normalized spacial score (nSPS) is 10.7. The molecule has 0 amide bonds. The van der Waals surface area contributed by atoms with Crippen LogP contribution in [0.1, 0.15) is 6.42 Å². The molecule has 2 rings (SSSR count). The highest BCUT2D eigenvalue weighted by Crippen LogP contribution is 2.18. The summed E-state index contributed by atoms with van der Waals surface area (Å²) in [6, 6.07) is 5.29. The monoisotopic (exact) mass is 299 g/mol. The third-order valence-electron chi connectivity index (χ3n) is 2.40. The van der Waals surface area contributed by atoms with Crippen LogP contribution in [0.25, 0.3) is 11.1 Å². The molecule has 5 nitrogen and oxygen atoms in total. The fourth-order valence-electron chi connectivity index (χ4n) is 1.56. The summed E-state index contributed by atoms with van der Waals surface area (Å²) in [4.78, 5) is 22.6. The number of aryl methyl sites for hydroxylation is 1. The van der Waals surface area contributed by atoms with Gasteiger partial charge in [-0.15, -0.1) is 0 Å². The Balaban J connectivity index is 2.36. The second-order valence-electron chi connectivity index (χ2n) is 3.46. The zero-order valence-corrected chi connectivity index (χ0v) is 10.7. The van der Waals surface area contributed by atoms with E-state index in [-0.39, 0.29) is 18.9 Å². The second kappa shape index (κ2) is 4.75. The van der Waals surface area contributed by atoms with Gasteiger partial charge in [0, 0.05) is 11.0 Å². The van der Waals surface area contributed by atoms with Crippen molar-refractivity contribution in [1.82, 2.24) is 4.57 Å². The Hall–Kier alpha value is -1.56. The first-order valence-electron chi connectivity index (χ1n) is 4.97. The lowest BCUT2D eigenvalue weighted by atomic mass is 10.3. The van der Waals surface area contributed by atoms with Crippen LogP contribution in [-0.4, -0.2) is 17.6 Å². The van der Waals surface area contributed by atoms with E-state index in [0.29, 0.717) is 11.1 Å². The summed E-state index contributed by atoms with van der Waals surface area (Å²) in [5.74, 6) is -0.828. The Morgan fingerprint density at radius 2 is 2.29 bits per heavy atom. The Labute approximate surface area is 105 Å². The number of carbonyl (C=O) groups is 1. The van der Waals surface area contributed by atoms with Gasteiger partial charge in [0.25, 0.3) is 0 Å². The number of hydrogen-bond acceptors (Lipinski definition) is 4. The minimum Gasteiger partial charge on any atom is -0.469 e. The van der Waals surface area contributed by atoms with E-state index in [2.05, 4.69) is 20.7 Å². The molecule has 0 fully saturated rings. The van der Waals surface area contributed by atoms with Crippen molar-refractivity contribution < 1.29 is 13.9 Å². The molecule has 0 radical (unpaired) electrons. The number of methoxy groups -OCH3 is 1. The zero-order chi connectivity index (χ0) is 12.4. The maximum atomic E-state index is 11.6. The molecule has 1 aromatic heterocycles. The van der Waals surface area contributed by atoms with Gasteiger partial charge in [-0.05, 0) is 18.2 Å². The molecule has 0 spiro atoms. The summed E-state index contributed by atoms with van der Waals surface area (Å²) in [6.07, 6.45) is 0.140. The third kappa shape index (κ3) is 2.41. The number of hydrogen-bond donors (Lipinski definition) is 0. The molecule has 1 aromatic carbocycles. The first kappa shape index (κ1) is 11.9.